The van der Waals surface area contributed by atoms with E-state index in [4.69, 9.17) is 4.74 Å². The van der Waals surface area contributed by atoms with Gasteiger partial charge in [-0.15, -0.1) is 11.3 Å². The molecule has 136 valence electrons. The summed E-state index contributed by atoms with van der Waals surface area (Å²) >= 11 is 1.49. The fraction of sp³-hybridized carbons (Fsp3) is 0.556. The molecule has 0 bridgehead atoms. The van der Waals surface area contributed by atoms with Gasteiger partial charge in [-0.3, -0.25) is 4.21 Å². The molecule has 0 unspecified atom stereocenters. The van der Waals surface area contributed by atoms with E-state index >= 15 is 0 Å². The third-order valence-electron chi connectivity index (χ3n) is 4.03. The first-order valence-corrected chi connectivity index (χ1v) is 10.7. The van der Waals surface area contributed by atoms with Crippen LogP contribution in [-0.4, -0.2) is 44.6 Å². The summed E-state index contributed by atoms with van der Waals surface area (Å²) in [7, 11) is -1.13. The average Bonchev–Trinajstić information content (AvgIpc) is 2.98. The van der Waals surface area contributed by atoms with Gasteiger partial charge in [-0.05, 0) is 51.7 Å². The number of piperidine rings is 1. The van der Waals surface area contributed by atoms with E-state index in [0.29, 0.717) is 23.2 Å². The number of rotatable bonds is 3. The topological polar surface area (TPSA) is 59.5 Å². The number of benzene rings is 1. The van der Waals surface area contributed by atoms with Crippen LogP contribution in [0.25, 0.3) is 10.2 Å². The number of ether oxygens (including phenoxy) is 1. The highest BCUT2D eigenvalue weighted by molar-refractivity contribution is 7.87. The molecule has 1 aliphatic rings. The fourth-order valence-corrected chi connectivity index (χ4v) is 5.51. The second kappa shape index (κ2) is 7.41. The molecule has 0 saturated carbocycles. The Morgan fingerprint density at radius 1 is 1.40 bits per heavy atom. The lowest BCUT2D eigenvalue weighted by Gasteiger charge is -2.33. The zero-order valence-electron chi connectivity index (χ0n) is 14.9. The van der Waals surface area contributed by atoms with E-state index in [2.05, 4.69) is 4.98 Å². The van der Waals surface area contributed by atoms with Gasteiger partial charge in [-0.25, -0.2) is 9.78 Å². The van der Waals surface area contributed by atoms with Crippen molar-refractivity contribution >= 4 is 38.4 Å². The van der Waals surface area contributed by atoms with Crippen molar-refractivity contribution in [2.24, 2.45) is 5.92 Å². The predicted molar refractivity (Wildman–Crippen MR) is 101 cm³/mol. The Morgan fingerprint density at radius 2 is 2.16 bits per heavy atom. The maximum atomic E-state index is 12.7. The molecular formula is C18H24N2O3S2. The lowest BCUT2D eigenvalue weighted by Crippen LogP contribution is -2.43. The van der Waals surface area contributed by atoms with Crippen molar-refractivity contribution in [1.29, 1.82) is 0 Å². The summed E-state index contributed by atoms with van der Waals surface area (Å²) in [6.07, 6.45) is 1.62. The number of likely N-dealkylation sites (tertiary alicyclic amines) is 1. The Morgan fingerprint density at radius 3 is 2.88 bits per heavy atom. The van der Waals surface area contributed by atoms with E-state index in [1.54, 1.807) is 4.90 Å². The van der Waals surface area contributed by atoms with E-state index in [0.717, 1.165) is 23.1 Å². The Hall–Kier alpha value is -1.47. The minimum atomic E-state index is -1.13. The number of hydrogen-bond acceptors (Lipinski definition) is 5. The van der Waals surface area contributed by atoms with Crippen LogP contribution < -0.4 is 0 Å². The molecule has 1 aliphatic heterocycles. The Balaban J connectivity index is 1.62. The average molecular weight is 381 g/mol. The molecule has 5 nitrogen and oxygen atoms in total. The van der Waals surface area contributed by atoms with E-state index < -0.39 is 16.4 Å². The summed E-state index contributed by atoms with van der Waals surface area (Å²) in [5, 5.41) is 0. The summed E-state index contributed by atoms with van der Waals surface area (Å²) in [6, 6.07) is 7.84. The molecule has 1 saturated heterocycles. The first-order chi connectivity index (χ1) is 11.8. The molecule has 2 heterocycles. The van der Waals surface area contributed by atoms with Crippen LogP contribution in [0.3, 0.4) is 0 Å². The highest BCUT2D eigenvalue weighted by atomic mass is 32.2. The summed E-state index contributed by atoms with van der Waals surface area (Å²) in [6.45, 7) is 6.92. The van der Waals surface area contributed by atoms with Gasteiger partial charge in [0.05, 0.1) is 21.0 Å². The zero-order valence-corrected chi connectivity index (χ0v) is 16.5. The van der Waals surface area contributed by atoms with E-state index in [1.807, 2.05) is 45.0 Å². The van der Waals surface area contributed by atoms with Crippen LogP contribution >= 0.6 is 11.3 Å². The normalized spacial score (nSPS) is 19.8. The maximum absolute atomic E-state index is 12.7. The molecule has 7 heteroatoms. The molecule has 0 radical (unpaired) electrons. The first-order valence-electron chi connectivity index (χ1n) is 8.54. The number of carbonyl (C=O) groups is 1. The van der Waals surface area contributed by atoms with Gasteiger partial charge in [0.1, 0.15) is 5.60 Å². The van der Waals surface area contributed by atoms with Gasteiger partial charge in [-0.1, -0.05) is 12.1 Å². The zero-order chi connectivity index (χ0) is 18.0. The number of para-hydroxylation sites is 1. The summed E-state index contributed by atoms with van der Waals surface area (Å²) < 4.78 is 19.9. The molecule has 2 aromatic rings. The lowest BCUT2D eigenvalue weighted by atomic mass is 10.0. The van der Waals surface area contributed by atoms with Crippen molar-refractivity contribution in [1.82, 2.24) is 9.88 Å². The van der Waals surface area contributed by atoms with Gasteiger partial charge in [-0.2, -0.15) is 0 Å². The van der Waals surface area contributed by atoms with Gasteiger partial charge in [0.15, 0.2) is 4.34 Å². The number of fused-ring (bicyclic) bond motifs is 1. The molecule has 1 aromatic carbocycles. The quantitative estimate of drug-likeness (QED) is 0.806. The summed E-state index contributed by atoms with van der Waals surface area (Å²) in [4.78, 5) is 18.5. The molecule has 0 spiro atoms. The Bertz CT molecular complexity index is 749. The van der Waals surface area contributed by atoms with Crippen LogP contribution in [0.1, 0.15) is 33.6 Å². The van der Waals surface area contributed by atoms with Crippen molar-refractivity contribution in [2.75, 3.05) is 18.8 Å². The van der Waals surface area contributed by atoms with Gasteiger partial charge >= 0.3 is 6.09 Å². The number of carbonyl (C=O) groups excluding carboxylic acids is 1. The second-order valence-corrected chi connectivity index (χ2v) is 10.1. The smallest absolute Gasteiger partial charge is 0.410 e. The Kier molecular flexibility index (Phi) is 5.43. The van der Waals surface area contributed by atoms with Crippen molar-refractivity contribution in [2.45, 2.75) is 43.6 Å². The van der Waals surface area contributed by atoms with Gasteiger partial charge in [0, 0.05) is 18.8 Å². The van der Waals surface area contributed by atoms with Crippen LogP contribution in [0.5, 0.6) is 0 Å². The summed E-state index contributed by atoms with van der Waals surface area (Å²) in [5.41, 5.74) is 0.406. The van der Waals surface area contributed by atoms with Crippen molar-refractivity contribution < 1.29 is 13.7 Å². The minimum absolute atomic E-state index is 0.217. The van der Waals surface area contributed by atoms with Crippen LogP contribution in [0.4, 0.5) is 4.79 Å². The van der Waals surface area contributed by atoms with Gasteiger partial charge in [0.2, 0.25) is 0 Å². The number of thiazole rings is 1. The van der Waals surface area contributed by atoms with Crippen LogP contribution in [-0.2, 0) is 15.5 Å². The van der Waals surface area contributed by atoms with E-state index in [1.165, 1.54) is 11.3 Å². The van der Waals surface area contributed by atoms with Gasteiger partial charge in [0.25, 0.3) is 0 Å². The molecule has 0 aliphatic carbocycles. The SMILES string of the molecule is CC(C)(C)OC(=O)N1CCC[C@@H](C[S@](=O)c2nc3ccccc3s2)C1. The second-order valence-electron chi connectivity index (χ2n) is 7.39. The molecule has 2 atom stereocenters. The third-order valence-corrected chi connectivity index (χ3v) is 6.92. The van der Waals surface area contributed by atoms with Crippen LogP contribution in [0.2, 0.25) is 0 Å². The number of hydrogen-bond donors (Lipinski definition) is 0. The van der Waals surface area contributed by atoms with Gasteiger partial charge < -0.3 is 9.64 Å². The lowest BCUT2D eigenvalue weighted by molar-refractivity contribution is 0.0176. The summed E-state index contributed by atoms with van der Waals surface area (Å²) in [5.74, 6) is 0.758. The van der Waals surface area contributed by atoms with E-state index in [-0.39, 0.29) is 12.0 Å². The van der Waals surface area contributed by atoms with Crippen molar-refractivity contribution in [3.8, 4) is 0 Å². The standard InChI is InChI=1S/C18H24N2O3S2/c1-18(2,3)23-17(21)20-10-6-7-13(11-20)12-25(22)16-19-14-8-4-5-9-15(14)24-16/h4-5,8-9,13H,6-7,10-12H2,1-3H3/t13-,25+/m1/s1. The Labute approximate surface area is 154 Å². The largest absolute Gasteiger partial charge is 0.444 e. The highest BCUT2D eigenvalue weighted by Gasteiger charge is 2.29. The minimum Gasteiger partial charge on any atom is -0.444 e. The molecule has 1 aromatic heterocycles. The van der Waals surface area contributed by atoms with E-state index in [9.17, 15) is 9.00 Å². The molecule has 1 amide bonds. The molecule has 0 N–H and O–H groups in total. The molecular weight excluding hydrogens is 356 g/mol. The molecule has 1 fully saturated rings. The van der Waals surface area contributed by atoms with Crippen molar-refractivity contribution in [3.63, 3.8) is 0 Å². The first kappa shape index (κ1) is 18.3. The van der Waals surface area contributed by atoms with Crippen molar-refractivity contribution in [3.05, 3.63) is 24.3 Å². The molecule has 3 rings (SSSR count). The van der Waals surface area contributed by atoms with Crippen LogP contribution in [0, 0.1) is 5.92 Å². The molecule has 25 heavy (non-hydrogen) atoms. The maximum Gasteiger partial charge on any atom is 0.410 e. The third kappa shape index (κ3) is 4.79. The number of nitrogens with zero attached hydrogens (tertiary/aromatic N) is 2. The number of amides is 1. The predicted octanol–water partition coefficient (Wildman–Crippen LogP) is 4.05. The fourth-order valence-electron chi connectivity index (χ4n) is 2.93. The monoisotopic (exact) mass is 380 g/mol. The number of aromatic nitrogens is 1. The van der Waals surface area contributed by atoms with Crippen LogP contribution in [0.15, 0.2) is 28.6 Å². The highest BCUT2D eigenvalue weighted by Crippen LogP contribution is 2.27.